The van der Waals surface area contributed by atoms with Crippen LogP contribution in [0.5, 0.6) is 0 Å². The summed E-state index contributed by atoms with van der Waals surface area (Å²) in [5, 5.41) is 0. The van der Waals surface area contributed by atoms with Crippen LogP contribution in [-0.4, -0.2) is 19.9 Å². The fraction of sp³-hybridized carbons (Fsp3) is 0.222. The Hall–Kier alpha value is -2.62. The van der Waals surface area contributed by atoms with Gasteiger partial charge in [-0.15, -0.1) is 0 Å². The number of imidazole rings is 2. The lowest BCUT2D eigenvalue weighted by Crippen LogP contribution is -1.63. The summed E-state index contributed by atoms with van der Waals surface area (Å²) < 4.78 is 0. The van der Waals surface area contributed by atoms with Gasteiger partial charge < -0.3 is 9.97 Å². The van der Waals surface area contributed by atoms with Crippen molar-refractivity contribution in [2.75, 3.05) is 0 Å². The highest BCUT2D eigenvalue weighted by Crippen LogP contribution is 2.06. The van der Waals surface area contributed by atoms with Crippen LogP contribution in [0.4, 0.5) is 0 Å². The lowest BCUT2D eigenvalue weighted by Gasteiger charge is -1.81. The number of para-hydroxylation sites is 4. The van der Waals surface area contributed by atoms with Crippen LogP contribution in [0.25, 0.3) is 22.1 Å². The number of hydrogen-bond acceptors (Lipinski definition) is 2. The normalized spacial score (nSPS) is 9.73. The summed E-state index contributed by atoms with van der Waals surface area (Å²) in [5.41, 5.74) is 4.24. The predicted octanol–water partition coefficient (Wildman–Crippen LogP) is 4.93. The van der Waals surface area contributed by atoms with Crippen molar-refractivity contribution in [3.8, 4) is 0 Å². The number of nitrogens with one attached hydrogen (secondary N) is 2. The molecule has 0 saturated carbocycles. The molecule has 4 rings (SSSR count). The summed E-state index contributed by atoms with van der Waals surface area (Å²) >= 11 is 0. The summed E-state index contributed by atoms with van der Waals surface area (Å²) in [6, 6.07) is 15.9. The van der Waals surface area contributed by atoms with Gasteiger partial charge in [0.05, 0.1) is 34.7 Å². The monoisotopic (exact) mass is 294 g/mol. The van der Waals surface area contributed by atoms with Gasteiger partial charge in [-0.3, -0.25) is 0 Å². The van der Waals surface area contributed by atoms with Crippen molar-refractivity contribution in [3.05, 3.63) is 61.2 Å². The molecule has 0 radical (unpaired) electrons. The Labute approximate surface area is 130 Å². The van der Waals surface area contributed by atoms with Crippen LogP contribution in [0.1, 0.15) is 26.7 Å². The molecule has 2 aromatic carbocycles. The van der Waals surface area contributed by atoms with Gasteiger partial charge in [0.1, 0.15) is 0 Å². The molecule has 0 atom stereocenters. The fourth-order valence-electron chi connectivity index (χ4n) is 1.76. The first kappa shape index (κ1) is 15.8. The predicted molar refractivity (Wildman–Crippen MR) is 92.8 cm³/mol. The first-order valence-electron chi connectivity index (χ1n) is 7.61. The van der Waals surface area contributed by atoms with Crippen LogP contribution in [-0.2, 0) is 0 Å². The highest BCUT2D eigenvalue weighted by atomic mass is 14.9. The minimum absolute atomic E-state index is 1.03. The summed E-state index contributed by atoms with van der Waals surface area (Å²) in [7, 11) is 0. The molecule has 0 fully saturated rings. The molecule has 114 valence electrons. The van der Waals surface area contributed by atoms with Crippen molar-refractivity contribution in [2.45, 2.75) is 26.7 Å². The number of aromatic amines is 2. The van der Waals surface area contributed by atoms with Crippen molar-refractivity contribution < 1.29 is 0 Å². The molecular weight excluding hydrogens is 272 g/mol. The van der Waals surface area contributed by atoms with Crippen molar-refractivity contribution in [3.63, 3.8) is 0 Å². The number of rotatable bonds is 1. The van der Waals surface area contributed by atoms with E-state index in [0.29, 0.717) is 0 Å². The molecule has 0 bridgehead atoms. The van der Waals surface area contributed by atoms with E-state index < -0.39 is 0 Å². The number of hydrogen-bond donors (Lipinski definition) is 2. The highest BCUT2D eigenvalue weighted by Gasteiger charge is 1.89. The maximum Gasteiger partial charge on any atom is 0.0931 e. The van der Waals surface area contributed by atoms with Crippen LogP contribution in [0, 0.1) is 0 Å². The SMILES string of the molecule is CCCC.c1ccc2[nH]cnc2c1.c1ccc2[nH]cnc2c1. The van der Waals surface area contributed by atoms with Crippen LogP contribution >= 0.6 is 0 Å². The second-order valence-corrected chi connectivity index (χ2v) is 4.84. The number of benzene rings is 2. The first-order valence-corrected chi connectivity index (χ1v) is 7.61. The van der Waals surface area contributed by atoms with Gasteiger partial charge in [-0.05, 0) is 24.3 Å². The third-order valence-corrected chi connectivity index (χ3v) is 3.16. The molecule has 0 aliphatic rings. The Morgan fingerprint density at radius 2 is 1.09 bits per heavy atom. The molecule has 22 heavy (non-hydrogen) atoms. The molecule has 2 heterocycles. The lowest BCUT2D eigenvalue weighted by molar-refractivity contribution is 0.886. The van der Waals surface area contributed by atoms with Gasteiger partial charge in [0.25, 0.3) is 0 Å². The topological polar surface area (TPSA) is 57.4 Å². The van der Waals surface area contributed by atoms with Gasteiger partial charge in [0.15, 0.2) is 0 Å². The van der Waals surface area contributed by atoms with Crippen molar-refractivity contribution in [1.82, 2.24) is 19.9 Å². The van der Waals surface area contributed by atoms with Crippen molar-refractivity contribution in [1.29, 1.82) is 0 Å². The molecule has 4 nitrogen and oxygen atoms in total. The fourth-order valence-corrected chi connectivity index (χ4v) is 1.76. The lowest BCUT2D eigenvalue weighted by atomic mass is 10.3. The molecule has 0 unspecified atom stereocenters. The minimum atomic E-state index is 1.03. The Kier molecular flexibility index (Phi) is 6.18. The average Bonchev–Trinajstić information content (AvgIpc) is 3.24. The Balaban J connectivity index is 0.000000131. The molecule has 2 aromatic heterocycles. The van der Waals surface area contributed by atoms with Gasteiger partial charge in [-0.25, -0.2) is 9.97 Å². The molecule has 4 aromatic rings. The highest BCUT2D eigenvalue weighted by molar-refractivity contribution is 5.74. The molecular formula is C18H22N4. The molecule has 2 N–H and O–H groups in total. The maximum absolute atomic E-state index is 4.06. The number of H-pyrrole nitrogens is 2. The molecule has 0 spiro atoms. The van der Waals surface area contributed by atoms with Crippen LogP contribution in [0.2, 0.25) is 0 Å². The minimum Gasteiger partial charge on any atom is -0.345 e. The molecule has 0 saturated heterocycles. The zero-order valence-corrected chi connectivity index (χ0v) is 13.1. The third kappa shape index (κ3) is 4.45. The standard InChI is InChI=1S/2C7H6N2.C4H10/c2*1-2-4-7-6(3-1)8-5-9-7;1-3-4-2/h2*1-5H,(H,8,9);3-4H2,1-2H3. The van der Waals surface area contributed by atoms with Crippen molar-refractivity contribution >= 4 is 22.1 Å². The first-order chi connectivity index (χ1) is 10.8. The van der Waals surface area contributed by atoms with E-state index in [1.807, 2.05) is 48.5 Å². The van der Waals surface area contributed by atoms with E-state index in [9.17, 15) is 0 Å². The van der Waals surface area contributed by atoms with Crippen LogP contribution in [0.3, 0.4) is 0 Å². The zero-order valence-electron chi connectivity index (χ0n) is 13.1. The maximum atomic E-state index is 4.06. The van der Waals surface area contributed by atoms with E-state index >= 15 is 0 Å². The van der Waals surface area contributed by atoms with Gasteiger partial charge in [-0.1, -0.05) is 51.0 Å². The van der Waals surface area contributed by atoms with Gasteiger partial charge in [0.2, 0.25) is 0 Å². The van der Waals surface area contributed by atoms with E-state index in [1.54, 1.807) is 12.7 Å². The van der Waals surface area contributed by atoms with E-state index in [-0.39, 0.29) is 0 Å². The summed E-state index contributed by atoms with van der Waals surface area (Å²) in [4.78, 5) is 14.1. The van der Waals surface area contributed by atoms with E-state index in [4.69, 9.17) is 0 Å². The van der Waals surface area contributed by atoms with E-state index in [1.165, 1.54) is 12.8 Å². The quantitative estimate of drug-likeness (QED) is 0.523. The average molecular weight is 294 g/mol. The molecule has 0 aliphatic heterocycles. The summed E-state index contributed by atoms with van der Waals surface area (Å²) in [6.07, 6.45) is 6.04. The van der Waals surface area contributed by atoms with Crippen LogP contribution < -0.4 is 0 Å². The Morgan fingerprint density at radius 3 is 1.45 bits per heavy atom. The number of aromatic nitrogens is 4. The van der Waals surface area contributed by atoms with E-state index in [0.717, 1.165) is 22.1 Å². The molecule has 0 amide bonds. The summed E-state index contributed by atoms with van der Waals surface area (Å²) in [5.74, 6) is 0. The van der Waals surface area contributed by atoms with Crippen molar-refractivity contribution in [2.24, 2.45) is 0 Å². The number of fused-ring (bicyclic) bond motifs is 2. The van der Waals surface area contributed by atoms with Gasteiger partial charge in [-0.2, -0.15) is 0 Å². The number of unbranched alkanes of at least 4 members (excludes halogenated alkanes) is 1. The zero-order chi connectivity index (χ0) is 15.6. The largest absolute Gasteiger partial charge is 0.345 e. The van der Waals surface area contributed by atoms with Gasteiger partial charge in [0, 0.05) is 0 Å². The van der Waals surface area contributed by atoms with Crippen LogP contribution in [0.15, 0.2) is 61.2 Å². The summed E-state index contributed by atoms with van der Waals surface area (Å²) in [6.45, 7) is 4.36. The second kappa shape index (κ2) is 8.62. The molecule has 4 heteroatoms. The number of nitrogens with zero attached hydrogens (tertiary/aromatic N) is 2. The second-order valence-electron chi connectivity index (χ2n) is 4.84. The smallest absolute Gasteiger partial charge is 0.0931 e. The Bertz CT molecular complexity index is 657. The van der Waals surface area contributed by atoms with E-state index in [2.05, 4.69) is 33.8 Å². The van der Waals surface area contributed by atoms with Gasteiger partial charge >= 0.3 is 0 Å². The molecule has 0 aliphatic carbocycles. The third-order valence-electron chi connectivity index (χ3n) is 3.16. The Morgan fingerprint density at radius 1 is 0.682 bits per heavy atom.